The van der Waals surface area contributed by atoms with Crippen molar-refractivity contribution in [2.24, 2.45) is 35.2 Å². The highest BCUT2D eigenvalue weighted by atomic mass is 32.1. The fraction of sp³-hybridized carbons (Fsp3) is 0.185. The van der Waals surface area contributed by atoms with E-state index in [-0.39, 0.29) is 59.3 Å². The molecule has 0 radical (unpaired) electrons. The number of aromatic nitrogens is 40. The average molecular weight is 2030 g/mol. The van der Waals surface area contributed by atoms with E-state index in [1.54, 1.807) is 151 Å². The van der Waals surface area contributed by atoms with Crippen molar-refractivity contribution < 1.29 is 0 Å². The number of nitrogens with two attached hydrogens (primary N) is 2. The molecule has 24 aromatic heterocycles. The Morgan fingerprint density at radius 2 is 0.807 bits per heavy atom. The van der Waals surface area contributed by atoms with Crippen LogP contribution in [0.25, 0.3) is 106 Å². The van der Waals surface area contributed by atoms with E-state index in [1.807, 2.05) is 138 Å². The highest BCUT2D eigenvalue weighted by Gasteiger charge is 2.27. The molecule has 0 amide bonds. The fourth-order valence-corrected chi connectivity index (χ4v) is 22.5. The van der Waals surface area contributed by atoms with Crippen LogP contribution in [0.3, 0.4) is 0 Å². The number of rotatable bonds is 23. The number of anilines is 2. The summed E-state index contributed by atoms with van der Waals surface area (Å²) in [6, 6.07) is 31.3. The minimum absolute atomic E-state index is 0.0668. The highest BCUT2D eigenvalue weighted by Crippen LogP contribution is 2.38. The van der Waals surface area contributed by atoms with Crippen LogP contribution in [0.2, 0.25) is 0 Å². The van der Waals surface area contributed by atoms with Crippen molar-refractivity contribution in [2.75, 3.05) is 11.5 Å². The van der Waals surface area contributed by atoms with Crippen LogP contribution < -0.4 is 45.0 Å². The van der Waals surface area contributed by atoms with Gasteiger partial charge in [-0.05, 0) is 53.4 Å². The first-order valence-electron chi connectivity index (χ1n) is 44.7. The van der Waals surface area contributed by atoms with Crippen molar-refractivity contribution in [1.82, 2.24) is 196 Å². The average Bonchev–Trinajstić information content (AvgIpc) is 1.65. The van der Waals surface area contributed by atoms with E-state index in [0.29, 0.717) is 90.5 Å². The number of nitrogens with one attached hydrogen (secondary N) is 3. The first-order chi connectivity index (χ1) is 70.6. The van der Waals surface area contributed by atoms with Gasteiger partial charge < -0.3 is 38.9 Å². The van der Waals surface area contributed by atoms with Gasteiger partial charge in [-0.3, -0.25) is 43.7 Å². The number of imidazole rings is 1. The van der Waals surface area contributed by atoms with Gasteiger partial charge in [-0.2, -0.15) is 51.0 Å². The largest absolute Gasteiger partial charge is 0.368 e. The van der Waals surface area contributed by atoms with Crippen LogP contribution in [0.5, 0.6) is 0 Å². The van der Waals surface area contributed by atoms with Gasteiger partial charge in [0.05, 0.1) is 129 Å². The molecule has 0 unspecified atom stereocenters. The summed E-state index contributed by atoms with van der Waals surface area (Å²) >= 11 is 7.81. The second-order valence-corrected chi connectivity index (χ2v) is 38.8. The number of nitrogens with zero attached hydrogens (tertiary/aromatic N) is 37. The Balaban J connectivity index is 0.000000103. The molecule has 0 spiro atoms. The zero-order chi connectivity index (χ0) is 99.2. The smallest absolute Gasteiger partial charge is 0.340 e. The van der Waals surface area contributed by atoms with Gasteiger partial charge in [0.1, 0.15) is 79.5 Å². The van der Waals surface area contributed by atoms with Gasteiger partial charge in [0, 0.05) is 137 Å². The monoisotopic (exact) mass is 2030 g/mol. The molecule has 0 aliphatic carbocycles. The molecule has 24 heterocycles. The maximum atomic E-state index is 13.6. The lowest BCUT2D eigenvalue weighted by Gasteiger charge is -2.09. The Kier molecular flexibility index (Phi) is 24.8. The Morgan fingerprint density at radius 1 is 0.352 bits per heavy atom. The van der Waals surface area contributed by atoms with E-state index in [2.05, 4.69) is 134 Å². The molecule has 26 rings (SSSR count). The molecule has 0 atom stereocenters. The highest BCUT2D eigenvalue weighted by molar-refractivity contribution is 7.21. The van der Waals surface area contributed by atoms with E-state index >= 15 is 0 Å². The first-order valence-corrected chi connectivity index (χ1v) is 48.8. The third kappa shape index (κ3) is 18.6. The normalized spacial score (nSPS) is 11.6. The summed E-state index contributed by atoms with van der Waals surface area (Å²) in [5.74, 6) is 0.661. The van der Waals surface area contributed by atoms with Gasteiger partial charge >= 0.3 is 5.69 Å². The molecular formula is C92H80N42O6S5. The topological polar surface area (TPSA) is 567 Å². The molecule has 0 aliphatic rings. The minimum Gasteiger partial charge on any atom is -0.368 e. The second-order valence-electron chi connectivity index (χ2n) is 33.4. The van der Waals surface area contributed by atoms with Crippen LogP contribution >= 0.6 is 56.7 Å². The number of hydrogen-bond donors (Lipinski definition) is 5. The molecule has 53 heteroatoms. The van der Waals surface area contributed by atoms with E-state index in [9.17, 15) is 28.8 Å². The lowest BCUT2D eigenvalue weighted by atomic mass is 10.2. The number of benzene rings is 2. The molecule has 7 N–H and O–H groups in total. The predicted octanol–water partition coefficient (Wildman–Crippen LogP) is 7.38. The summed E-state index contributed by atoms with van der Waals surface area (Å²) in [5.41, 5.74) is 23.1. The lowest BCUT2D eigenvalue weighted by molar-refractivity contribution is 0.619. The van der Waals surface area contributed by atoms with Crippen LogP contribution in [0.4, 0.5) is 11.9 Å². The first kappa shape index (κ1) is 91.8. The van der Waals surface area contributed by atoms with Crippen LogP contribution in [-0.4, -0.2) is 196 Å². The molecule has 0 bridgehead atoms. The zero-order valence-corrected chi connectivity index (χ0v) is 81.4. The van der Waals surface area contributed by atoms with Gasteiger partial charge in [-0.1, -0.05) is 66.7 Å². The third-order valence-corrected chi connectivity index (χ3v) is 29.2. The molecule has 48 nitrogen and oxygen atoms in total. The van der Waals surface area contributed by atoms with Crippen molar-refractivity contribution in [2.45, 2.75) is 78.2 Å². The Morgan fingerprint density at radius 3 is 1.26 bits per heavy atom. The number of fused-ring (bicyclic) bond motifs is 15. The maximum absolute atomic E-state index is 13.6. The van der Waals surface area contributed by atoms with Crippen LogP contribution in [0.1, 0.15) is 70.3 Å². The number of aryl methyl sites for hydroxylation is 7. The summed E-state index contributed by atoms with van der Waals surface area (Å²) in [6.07, 6.45) is 33.0. The van der Waals surface area contributed by atoms with Crippen LogP contribution in [-0.2, 0) is 113 Å². The van der Waals surface area contributed by atoms with Crippen molar-refractivity contribution in [3.8, 4) is 0 Å². The number of thiazole rings is 5. The molecular weight excluding hydrogens is 1950 g/mol. The Labute approximate surface area is 831 Å². The molecule has 26 aromatic rings. The van der Waals surface area contributed by atoms with Crippen LogP contribution in [0.15, 0.2) is 238 Å². The molecule has 0 aliphatic heterocycles. The SMILES string of the molecule is Cn1c2nc(Cn3ccnc3)sc2c2cnn(Cc3ccnc(N)n3)c(=O)c21.Cn1c2nc(Cn3cncn3)sc2c2cnn(Cc3ccnc(N)n3)c(=O)c21.Cn1c2nc(Cn3cncn3)sc2c2cnn(Cc3n[nH]c(=O)[nH]3)c(=O)c21.Cn1ccc(Cn2ncc3c4sc(CCc5cccnc5)nc4n(C)c3c2=O)n1.O=c1c2c(cnn1Cc1ccccc1)c1sc(Cc3ccn[nH]3)nc1n2Cc1ccccc1. The number of H-pyrrole nitrogens is 3. The fourth-order valence-electron chi connectivity index (χ4n) is 17.0. The van der Waals surface area contributed by atoms with Crippen molar-refractivity contribution in [3.05, 3.63) is 342 Å². The van der Waals surface area contributed by atoms with Crippen LogP contribution in [0, 0.1) is 0 Å². The lowest BCUT2D eigenvalue weighted by Crippen LogP contribution is -2.25. The molecule has 0 saturated carbocycles. The summed E-state index contributed by atoms with van der Waals surface area (Å²) in [7, 11) is 9.22. The van der Waals surface area contributed by atoms with E-state index < -0.39 is 5.69 Å². The van der Waals surface area contributed by atoms with Crippen molar-refractivity contribution in [3.63, 3.8) is 0 Å². The number of nitrogen functional groups attached to an aromatic ring is 2. The summed E-state index contributed by atoms with van der Waals surface area (Å²) in [4.78, 5) is 135. The molecule has 0 fully saturated rings. The predicted molar refractivity (Wildman–Crippen MR) is 545 cm³/mol. The second kappa shape index (κ2) is 39.1. The standard InChI is InChI=1S/C25H20N6OS.C20H19N7OS.C17H15N9OS.C16H14N10OS.C14H12N10O2S/c32-25-22-20(14-27-31(25)16-18-9-5-2-6-10-18)23-24(30(22)15-17-7-3-1-4-8-17)28-21(33-23)13-19-11-12-26-29-19;1-25-9-7-14(24-25)12-27-20(28)17-15(11-22-27)18-19(26(17)2)23-16(29-18)6-5-13-4-3-8-21-10-13;1-24-13-11(14-15(24)23-12(28-14)8-25-5-4-19-9-25)6-21-26(16(13)27)7-10-2-3-20-17(18)22-10;1-24-12-10(13-14(24)23-11(28-13)6-25-8-18-7-21-25)4-20-26(15(12)27)5-9-2-3-19-16(17)22-9;1-22-10-7(2-16-24(13(10)25)3-8-18-14(26)21-20-8)11-12(22)19-9(27-11)4-23-6-15-5-17-23/h1-12,14H,13,15-16H2,(H,26,29);3-4,7-11H,5-6,12H2,1-2H3;2-6,9H,7-8H2,1H3,(H2,18,20,22);2-4,7-8H,5-6H2,1H3,(H2,17,19,22);2,5-6H,3-4H2,1H3,(H2,18,20,21,26). The van der Waals surface area contributed by atoms with Gasteiger partial charge in [0.25, 0.3) is 27.8 Å². The molecule has 2 aromatic carbocycles. The summed E-state index contributed by atoms with van der Waals surface area (Å²) in [5, 5.41) is 56.2. The van der Waals surface area contributed by atoms with E-state index in [1.165, 1.54) is 64.3 Å². The van der Waals surface area contributed by atoms with Gasteiger partial charge in [0.15, 0.2) is 34.1 Å². The molecule has 145 heavy (non-hydrogen) atoms. The Hall–Kier alpha value is -18.2. The van der Waals surface area contributed by atoms with Crippen molar-refractivity contribution >= 4 is 175 Å². The van der Waals surface area contributed by atoms with Gasteiger partial charge in [-0.15, -0.1) is 56.7 Å². The van der Waals surface area contributed by atoms with Crippen molar-refractivity contribution in [1.29, 1.82) is 0 Å². The maximum Gasteiger partial charge on any atom is 0.340 e. The number of pyridine rings is 1. The minimum atomic E-state index is -0.428. The third-order valence-electron chi connectivity index (χ3n) is 23.8. The van der Waals surface area contributed by atoms with Gasteiger partial charge in [0.2, 0.25) is 11.9 Å². The summed E-state index contributed by atoms with van der Waals surface area (Å²) in [6.45, 7) is 3.52. The quantitative estimate of drug-likeness (QED) is 0.0416. The zero-order valence-electron chi connectivity index (χ0n) is 77.3. The van der Waals surface area contributed by atoms with E-state index in [4.69, 9.17) is 26.4 Å². The molecule has 724 valence electrons. The summed E-state index contributed by atoms with van der Waals surface area (Å²) < 4.78 is 28.2. The Bertz CT molecular complexity index is 9430. The number of hydrogen-bond acceptors (Lipinski definition) is 36. The molecule has 0 saturated heterocycles. The van der Waals surface area contributed by atoms with E-state index in [0.717, 1.165) is 139 Å². The van der Waals surface area contributed by atoms with Gasteiger partial charge in [-0.25, -0.2) is 102 Å². The number of aromatic amines is 3.